The standard InChI is InChI=1S/C13H15NS/c1-10-3-4-11(2)13(7-10)14-8-12-5-6-15-9-12/h3-7,9,14H,8H2,1-2H3. The van der Waals surface area contributed by atoms with Gasteiger partial charge in [0.15, 0.2) is 0 Å². The first-order valence-electron chi connectivity index (χ1n) is 5.08. The molecule has 0 spiro atoms. The summed E-state index contributed by atoms with van der Waals surface area (Å²) in [4.78, 5) is 0. The Morgan fingerprint density at radius 2 is 2.07 bits per heavy atom. The topological polar surface area (TPSA) is 12.0 Å². The Bertz CT molecular complexity index is 432. The summed E-state index contributed by atoms with van der Waals surface area (Å²) in [5.74, 6) is 0. The fourth-order valence-electron chi connectivity index (χ4n) is 1.52. The molecule has 15 heavy (non-hydrogen) atoms. The number of anilines is 1. The summed E-state index contributed by atoms with van der Waals surface area (Å²) < 4.78 is 0. The molecule has 0 unspecified atom stereocenters. The van der Waals surface area contributed by atoms with Gasteiger partial charge in [-0.2, -0.15) is 11.3 Å². The molecular weight excluding hydrogens is 202 g/mol. The zero-order valence-electron chi connectivity index (χ0n) is 9.08. The number of rotatable bonds is 3. The van der Waals surface area contributed by atoms with Gasteiger partial charge in [-0.3, -0.25) is 0 Å². The van der Waals surface area contributed by atoms with Gasteiger partial charge in [-0.1, -0.05) is 12.1 Å². The van der Waals surface area contributed by atoms with E-state index in [2.05, 4.69) is 54.2 Å². The van der Waals surface area contributed by atoms with E-state index in [1.165, 1.54) is 22.4 Å². The molecule has 0 saturated heterocycles. The van der Waals surface area contributed by atoms with E-state index in [4.69, 9.17) is 0 Å². The first-order valence-corrected chi connectivity index (χ1v) is 6.02. The average molecular weight is 217 g/mol. The van der Waals surface area contributed by atoms with Crippen molar-refractivity contribution < 1.29 is 0 Å². The van der Waals surface area contributed by atoms with Crippen LogP contribution in [0.25, 0.3) is 0 Å². The van der Waals surface area contributed by atoms with Crippen molar-refractivity contribution in [3.63, 3.8) is 0 Å². The maximum absolute atomic E-state index is 3.46. The Labute approximate surface area is 94.8 Å². The molecule has 0 fully saturated rings. The highest BCUT2D eigenvalue weighted by atomic mass is 32.1. The van der Waals surface area contributed by atoms with Crippen molar-refractivity contribution in [1.29, 1.82) is 0 Å². The molecule has 1 aromatic carbocycles. The van der Waals surface area contributed by atoms with Crippen LogP contribution in [0.1, 0.15) is 16.7 Å². The van der Waals surface area contributed by atoms with Gasteiger partial charge in [0.1, 0.15) is 0 Å². The van der Waals surface area contributed by atoms with E-state index in [0.717, 1.165) is 6.54 Å². The van der Waals surface area contributed by atoms with Gasteiger partial charge in [-0.25, -0.2) is 0 Å². The van der Waals surface area contributed by atoms with E-state index >= 15 is 0 Å². The molecule has 1 heterocycles. The zero-order chi connectivity index (χ0) is 10.7. The van der Waals surface area contributed by atoms with Gasteiger partial charge >= 0.3 is 0 Å². The molecule has 0 bridgehead atoms. The Morgan fingerprint density at radius 3 is 2.80 bits per heavy atom. The first kappa shape index (κ1) is 10.2. The van der Waals surface area contributed by atoms with Crippen molar-refractivity contribution in [3.8, 4) is 0 Å². The van der Waals surface area contributed by atoms with Crippen LogP contribution < -0.4 is 5.32 Å². The van der Waals surface area contributed by atoms with Gasteiger partial charge < -0.3 is 5.32 Å². The third-order valence-electron chi connectivity index (χ3n) is 2.46. The molecule has 0 aliphatic rings. The predicted molar refractivity (Wildman–Crippen MR) is 67.6 cm³/mol. The Morgan fingerprint density at radius 1 is 1.20 bits per heavy atom. The lowest BCUT2D eigenvalue weighted by molar-refractivity contribution is 1.15. The normalized spacial score (nSPS) is 10.3. The van der Waals surface area contributed by atoms with Crippen LogP contribution in [-0.2, 0) is 6.54 Å². The number of nitrogens with one attached hydrogen (secondary N) is 1. The van der Waals surface area contributed by atoms with Crippen molar-refractivity contribution in [1.82, 2.24) is 0 Å². The molecule has 0 radical (unpaired) electrons. The van der Waals surface area contributed by atoms with Gasteiger partial charge in [0.2, 0.25) is 0 Å². The summed E-state index contributed by atoms with van der Waals surface area (Å²) >= 11 is 1.74. The lowest BCUT2D eigenvalue weighted by Crippen LogP contribution is -2.00. The Balaban J connectivity index is 2.07. The summed E-state index contributed by atoms with van der Waals surface area (Å²) in [5.41, 5.74) is 5.19. The third-order valence-corrected chi connectivity index (χ3v) is 3.19. The van der Waals surface area contributed by atoms with Gasteiger partial charge in [-0.15, -0.1) is 0 Å². The van der Waals surface area contributed by atoms with Crippen LogP contribution >= 0.6 is 11.3 Å². The molecule has 2 heteroatoms. The zero-order valence-corrected chi connectivity index (χ0v) is 9.90. The largest absolute Gasteiger partial charge is 0.381 e. The van der Waals surface area contributed by atoms with E-state index in [1.807, 2.05) is 0 Å². The maximum Gasteiger partial charge on any atom is 0.0409 e. The summed E-state index contributed by atoms with van der Waals surface area (Å²) in [6, 6.07) is 8.65. The number of benzene rings is 1. The van der Waals surface area contributed by atoms with Crippen LogP contribution in [0, 0.1) is 13.8 Å². The van der Waals surface area contributed by atoms with Crippen LogP contribution in [0.5, 0.6) is 0 Å². The summed E-state index contributed by atoms with van der Waals surface area (Å²) in [7, 11) is 0. The molecule has 0 aliphatic heterocycles. The predicted octanol–water partition coefficient (Wildman–Crippen LogP) is 3.98. The summed E-state index contributed by atoms with van der Waals surface area (Å²) in [6.45, 7) is 5.17. The van der Waals surface area contributed by atoms with Crippen molar-refractivity contribution in [2.75, 3.05) is 5.32 Å². The minimum absolute atomic E-state index is 0.911. The maximum atomic E-state index is 3.46. The second-order valence-corrected chi connectivity index (χ2v) is 4.58. The SMILES string of the molecule is Cc1ccc(C)c(NCc2ccsc2)c1. The smallest absolute Gasteiger partial charge is 0.0409 e. The van der Waals surface area contributed by atoms with E-state index < -0.39 is 0 Å². The van der Waals surface area contributed by atoms with Gasteiger partial charge in [-0.05, 0) is 53.4 Å². The van der Waals surface area contributed by atoms with Crippen LogP contribution in [0.3, 0.4) is 0 Å². The highest BCUT2D eigenvalue weighted by Crippen LogP contribution is 2.17. The lowest BCUT2D eigenvalue weighted by atomic mass is 10.1. The van der Waals surface area contributed by atoms with Gasteiger partial charge in [0, 0.05) is 12.2 Å². The van der Waals surface area contributed by atoms with E-state index in [-0.39, 0.29) is 0 Å². The molecule has 1 N–H and O–H groups in total. The van der Waals surface area contributed by atoms with Crippen LogP contribution in [0.15, 0.2) is 35.0 Å². The van der Waals surface area contributed by atoms with Crippen molar-refractivity contribution in [2.24, 2.45) is 0 Å². The molecule has 1 nitrogen and oxygen atoms in total. The fourth-order valence-corrected chi connectivity index (χ4v) is 2.19. The van der Waals surface area contributed by atoms with Crippen molar-refractivity contribution >= 4 is 17.0 Å². The number of hydrogen-bond donors (Lipinski definition) is 1. The summed E-state index contributed by atoms with van der Waals surface area (Å²) in [5, 5.41) is 7.75. The second-order valence-electron chi connectivity index (χ2n) is 3.80. The molecule has 2 rings (SSSR count). The van der Waals surface area contributed by atoms with E-state index in [0.29, 0.717) is 0 Å². The quantitative estimate of drug-likeness (QED) is 0.820. The molecule has 78 valence electrons. The molecule has 2 aromatic rings. The van der Waals surface area contributed by atoms with E-state index in [9.17, 15) is 0 Å². The number of aryl methyl sites for hydroxylation is 2. The number of hydrogen-bond acceptors (Lipinski definition) is 2. The fraction of sp³-hybridized carbons (Fsp3) is 0.231. The van der Waals surface area contributed by atoms with Crippen LogP contribution in [0.4, 0.5) is 5.69 Å². The lowest BCUT2D eigenvalue weighted by Gasteiger charge is -2.09. The second kappa shape index (κ2) is 4.49. The Hall–Kier alpha value is -1.28. The first-order chi connectivity index (χ1) is 7.25. The number of thiophene rings is 1. The average Bonchev–Trinajstić information content (AvgIpc) is 2.72. The molecule has 0 amide bonds. The van der Waals surface area contributed by atoms with Crippen LogP contribution in [0.2, 0.25) is 0 Å². The molecule has 1 aromatic heterocycles. The third kappa shape index (κ3) is 2.60. The minimum Gasteiger partial charge on any atom is -0.381 e. The molecule has 0 saturated carbocycles. The highest BCUT2D eigenvalue weighted by molar-refractivity contribution is 7.07. The molecular formula is C13H15NS. The monoisotopic (exact) mass is 217 g/mol. The molecule has 0 atom stereocenters. The van der Waals surface area contributed by atoms with Gasteiger partial charge in [0.05, 0.1) is 0 Å². The Kier molecular flexibility index (Phi) is 3.07. The highest BCUT2D eigenvalue weighted by Gasteiger charge is 1.98. The van der Waals surface area contributed by atoms with Crippen molar-refractivity contribution in [2.45, 2.75) is 20.4 Å². The summed E-state index contributed by atoms with van der Waals surface area (Å²) in [6.07, 6.45) is 0. The molecule has 0 aliphatic carbocycles. The van der Waals surface area contributed by atoms with E-state index in [1.54, 1.807) is 11.3 Å². The van der Waals surface area contributed by atoms with Crippen molar-refractivity contribution in [3.05, 3.63) is 51.7 Å². The minimum atomic E-state index is 0.911. The van der Waals surface area contributed by atoms with Gasteiger partial charge in [0.25, 0.3) is 0 Å². The van der Waals surface area contributed by atoms with Crippen LogP contribution in [-0.4, -0.2) is 0 Å².